The topological polar surface area (TPSA) is 37.6 Å². The predicted molar refractivity (Wildman–Crippen MR) is 107 cm³/mol. The molecule has 1 saturated heterocycles. The Labute approximate surface area is 159 Å². The van der Waals surface area contributed by atoms with Crippen molar-refractivity contribution in [3.05, 3.63) is 81.9 Å². The van der Waals surface area contributed by atoms with Gasteiger partial charge < -0.3 is 4.90 Å². The van der Waals surface area contributed by atoms with Crippen LogP contribution in [0.3, 0.4) is 0 Å². The zero-order valence-corrected chi connectivity index (χ0v) is 15.7. The number of aromatic nitrogens is 2. The zero-order valence-electron chi connectivity index (χ0n) is 15.7. The molecular weight excluding hydrogens is 334 g/mol. The van der Waals surface area contributed by atoms with Crippen molar-refractivity contribution < 1.29 is 0 Å². The van der Waals surface area contributed by atoms with Gasteiger partial charge in [-0.05, 0) is 55.2 Å². The lowest BCUT2D eigenvalue weighted by molar-refractivity contribution is 0.191. The normalized spacial score (nSPS) is 24.7. The molecule has 138 valence electrons. The average Bonchev–Trinajstić information content (AvgIpc) is 2.99. The van der Waals surface area contributed by atoms with Crippen LogP contribution in [0.2, 0.25) is 0 Å². The molecule has 2 aliphatic rings. The molecule has 4 heteroatoms. The van der Waals surface area contributed by atoms with Crippen LogP contribution in [0, 0.1) is 18.8 Å². The summed E-state index contributed by atoms with van der Waals surface area (Å²) in [5.41, 5.74) is 4.04. The van der Waals surface area contributed by atoms with Crippen molar-refractivity contribution in [2.24, 2.45) is 11.8 Å². The predicted octanol–water partition coefficient (Wildman–Crippen LogP) is 3.28. The quantitative estimate of drug-likeness (QED) is 0.717. The molecule has 2 aromatic heterocycles. The molecule has 0 N–H and O–H groups in total. The molecule has 0 spiro atoms. The summed E-state index contributed by atoms with van der Waals surface area (Å²) in [6.45, 7) is 5.25. The molecule has 1 aliphatic carbocycles. The van der Waals surface area contributed by atoms with Crippen LogP contribution in [0.15, 0.2) is 59.5 Å². The van der Waals surface area contributed by atoms with Gasteiger partial charge in [-0.1, -0.05) is 36.4 Å². The van der Waals surface area contributed by atoms with Crippen LogP contribution in [0.25, 0.3) is 5.65 Å². The van der Waals surface area contributed by atoms with Crippen molar-refractivity contribution in [2.75, 3.05) is 19.6 Å². The number of likely N-dealkylation sites (tertiary alicyclic amines) is 1. The number of fused-ring (bicyclic) bond motifs is 2. The van der Waals surface area contributed by atoms with E-state index < -0.39 is 0 Å². The lowest BCUT2D eigenvalue weighted by atomic mass is 9.64. The Bertz CT molecular complexity index is 1030. The molecule has 3 heterocycles. The zero-order chi connectivity index (χ0) is 18.4. The van der Waals surface area contributed by atoms with E-state index in [4.69, 9.17) is 0 Å². The van der Waals surface area contributed by atoms with Gasteiger partial charge in [-0.2, -0.15) is 0 Å². The molecule has 3 unspecified atom stereocenters. The number of hydrogen-bond acceptors (Lipinski definition) is 3. The van der Waals surface area contributed by atoms with Crippen molar-refractivity contribution in [2.45, 2.75) is 25.7 Å². The Morgan fingerprint density at radius 3 is 2.74 bits per heavy atom. The SMILES string of the molecule is Cc1nc2ccccn2c(=O)c1CCN1CC2CC(c3ccccc3)C2C1. The Kier molecular flexibility index (Phi) is 4.09. The van der Waals surface area contributed by atoms with Crippen LogP contribution in [0.4, 0.5) is 0 Å². The van der Waals surface area contributed by atoms with Gasteiger partial charge in [0.25, 0.3) is 5.56 Å². The molecule has 0 bridgehead atoms. The third-order valence-corrected chi connectivity index (χ3v) is 6.58. The van der Waals surface area contributed by atoms with Gasteiger partial charge >= 0.3 is 0 Å². The van der Waals surface area contributed by atoms with Crippen molar-refractivity contribution in [1.82, 2.24) is 14.3 Å². The summed E-state index contributed by atoms with van der Waals surface area (Å²) in [6.07, 6.45) is 3.91. The van der Waals surface area contributed by atoms with Crippen molar-refractivity contribution in [1.29, 1.82) is 0 Å². The van der Waals surface area contributed by atoms with Crippen LogP contribution in [-0.2, 0) is 6.42 Å². The monoisotopic (exact) mass is 359 g/mol. The van der Waals surface area contributed by atoms with E-state index in [9.17, 15) is 4.79 Å². The van der Waals surface area contributed by atoms with E-state index in [1.807, 2.05) is 31.3 Å². The number of rotatable bonds is 4. The highest BCUT2D eigenvalue weighted by atomic mass is 16.1. The first kappa shape index (κ1) is 16.7. The minimum absolute atomic E-state index is 0.0856. The van der Waals surface area contributed by atoms with Crippen LogP contribution in [0.5, 0.6) is 0 Å². The van der Waals surface area contributed by atoms with Gasteiger partial charge in [0.1, 0.15) is 5.65 Å². The van der Waals surface area contributed by atoms with E-state index >= 15 is 0 Å². The fourth-order valence-electron chi connectivity index (χ4n) is 5.06. The highest BCUT2D eigenvalue weighted by Gasteiger charge is 2.47. The summed E-state index contributed by atoms with van der Waals surface area (Å²) < 4.78 is 1.67. The van der Waals surface area contributed by atoms with Crippen LogP contribution in [0.1, 0.15) is 29.2 Å². The second-order valence-electron chi connectivity index (χ2n) is 8.10. The van der Waals surface area contributed by atoms with Crippen LogP contribution >= 0.6 is 0 Å². The molecule has 1 aliphatic heterocycles. The lowest BCUT2D eigenvalue weighted by Crippen LogP contribution is -2.33. The molecule has 1 aromatic carbocycles. The van der Waals surface area contributed by atoms with Gasteiger partial charge in [0.2, 0.25) is 0 Å². The first-order valence-electron chi connectivity index (χ1n) is 9.95. The maximum Gasteiger partial charge on any atom is 0.261 e. The van der Waals surface area contributed by atoms with E-state index in [2.05, 4.69) is 40.2 Å². The molecule has 27 heavy (non-hydrogen) atoms. The first-order chi connectivity index (χ1) is 13.2. The number of nitrogens with zero attached hydrogens (tertiary/aromatic N) is 3. The maximum absolute atomic E-state index is 12.8. The van der Waals surface area contributed by atoms with E-state index in [0.717, 1.165) is 54.2 Å². The second-order valence-corrected chi connectivity index (χ2v) is 8.10. The largest absolute Gasteiger partial charge is 0.302 e. The summed E-state index contributed by atoms with van der Waals surface area (Å²) in [5, 5.41) is 0. The molecule has 3 aromatic rings. The van der Waals surface area contributed by atoms with Crippen molar-refractivity contribution in [3.63, 3.8) is 0 Å². The van der Waals surface area contributed by atoms with E-state index in [-0.39, 0.29) is 5.56 Å². The molecule has 5 rings (SSSR count). The molecule has 0 radical (unpaired) electrons. The van der Waals surface area contributed by atoms with Gasteiger partial charge in [0.05, 0.1) is 0 Å². The highest BCUT2D eigenvalue weighted by Crippen LogP contribution is 2.51. The minimum Gasteiger partial charge on any atom is -0.302 e. The summed E-state index contributed by atoms with van der Waals surface area (Å²) in [5.74, 6) is 2.33. The Hall–Kier alpha value is -2.46. The number of pyridine rings is 1. The van der Waals surface area contributed by atoms with Gasteiger partial charge in [0, 0.05) is 37.1 Å². The van der Waals surface area contributed by atoms with E-state index in [0.29, 0.717) is 0 Å². The molecule has 4 nitrogen and oxygen atoms in total. The average molecular weight is 359 g/mol. The number of hydrogen-bond donors (Lipinski definition) is 0. The molecule has 3 atom stereocenters. The number of benzene rings is 1. The third-order valence-electron chi connectivity index (χ3n) is 6.58. The van der Waals surface area contributed by atoms with Gasteiger partial charge in [-0.25, -0.2) is 4.98 Å². The van der Waals surface area contributed by atoms with Gasteiger partial charge in [-0.15, -0.1) is 0 Å². The van der Waals surface area contributed by atoms with Gasteiger partial charge in [-0.3, -0.25) is 9.20 Å². The van der Waals surface area contributed by atoms with Crippen molar-refractivity contribution >= 4 is 5.65 Å². The smallest absolute Gasteiger partial charge is 0.261 e. The van der Waals surface area contributed by atoms with Crippen molar-refractivity contribution in [3.8, 4) is 0 Å². The molecule has 2 fully saturated rings. The summed E-state index contributed by atoms with van der Waals surface area (Å²) in [7, 11) is 0. The summed E-state index contributed by atoms with van der Waals surface area (Å²) in [4.78, 5) is 20.0. The second kappa shape index (κ2) is 6.61. The van der Waals surface area contributed by atoms with E-state index in [1.165, 1.54) is 18.5 Å². The molecular formula is C23H25N3O. The Morgan fingerprint density at radius 1 is 1.07 bits per heavy atom. The fourth-order valence-corrected chi connectivity index (χ4v) is 5.06. The first-order valence-corrected chi connectivity index (χ1v) is 9.95. The highest BCUT2D eigenvalue weighted by molar-refractivity contribution is 5.40. The van der Waals surface area contributed by atoms with E-state index in [1.54, 1.807) is 4.40 Å². The van der Waals surface area contributed by atoms with Gasteiger partial charge in [0.15, 0.2) is 0 Å². The minimum atomic E-state index is 0.0856. The number of aryl methyl sites for hydroxylation is 1. The summed E-state index contributed by atoms with van der Waals surface area (Å²) in [6, 6.07) is 16.6. The van der Waals surface area contributed by atoms with Crippen LogP contribution in [-0.4, -0.2) is 33.9 Å². The Morgan fingerprint density at radius 2 is 1.89 bits per heavy atom. The fraction of sp³-hybridized carbons (Fsp3) is 0.391. The molecule has 0 amide bonds. The molecule has 1 saturated carbocycles. The standard InChI is InChI=1S/C23H25N3O/c1-16-19(23(27)26-11-6-5-9-22(26)24-16)10-12-25-14-18-13-20(21(18)15-25)17-7-3-2-4-8-17/h2-9,11,18,20-21H,10,12-15H2,1H3. The van der Waals surface area contributed by atoms with Crippen LogP contribution < -0.4 is 5.56 Å². The Balaban J connectivity index is 1.28. The lowest BCUT2D eigenvalue weighted by Gasteiger charge is -2.40. The maximum atomic E-state index is 12.8. The summed E-state index contributed by atoms with van der Waals surface area (Å²) >= 11 is 0. The third kappa shape index (κ3) is 2.88.